The average molecular weight is 330 g/mol. The fraction of sp³-hybridized carbons (Fsp3) is 0.579. The molecular formula is C19H28N3O2+. The van der Waals surface area contributed by atoms with Crippen LogP contribution in [-0.2, 0) is 9.59 Å². The number of piperidine rings is 1. The molecule has 2 saturated heterocycles. The molecule has 0 aromatic heterocycles. The van der Waals surface area contributed by atoms with Crippen LogP contribution in [0.1, 0.15) is 39.5 Å². The Labute approximate surface area is 144 Å². The average Bonchev–Trinajstić information content (AvgIpc) is 2.92. The number of carbonyl (C=O) groups is 2. The third-order valence-electron chi connectivity index (χ3n) is 5.38. The van der Waals surface area contributed by atoms with Gasteiger partial charge in [-0.05, 0) is 57.4 Å². The molecule has 0 bridgehead atoms. The monoisotopic (exact) mass is 330 g/mol. The summed E-state index contributed by atoms with van der Waals surface area (Å²) in [6.07, 6.45) is 4.10. The highest BCUT2D eigenvalue weighted by molar-refractivity contribution is 6.21. The van der Waals surface area contributed by atoms with Crippen molar-refractivity contribution in [3.63, 3.8) is 0 Å². The molecule has 2 heterocycles. The van der Waals surface area contributed by atoms with Crippen molar-refractivity contribution in [2.45, 2.75) is 45.6 Å². The van der Waals surface area contributed by atoms with Crippen LogP contribution in [0.15, 0.2) is 24.3 Å². The van der Waals surface area contributed by atoms with Gasteiger partial charge in [-0.1, -0.05) is 0 Å². The molecule has 2 amide bonds. The third kappa shape index (κ3) is 3.18. The maximum absolute atomic E-state index is 12.7. The molecule has 5 nitrogen and oxygen atoms in total. The lowest BCUT2D eigenvalue weighted by Gasteiger charge is -2.29. The van der Waals surface area contributed by atoms with Gasteiger partial charge in [-0.3, -0.25) is 9.59 Å². The molecule has 2 fully saturated rings. The zero-order valence-corrected chi connectivity index (χ0v) is 14.8. The van der Waals surface area contributed by atoms with Gasteiger partial charge in [0.15, 0.2) is 6.04 Å². The van der Waals surface area contributed by atoms with Crippen LogP contribution in [0.3, 0.4) is 0 Å². The number of nitrogens with zero attached hydrogens (tertiary/aromatic N) is 2. The SMILES string of the molecule is CC[NH+](CC)[C@H]1CC(=O)N(c2ccc(N3CCCCC3)cc2)C1=O. The van der Waals surface area contributed by atoms with Crippen molar-refractivity contribution in [3.8, 4) is 0 Å². The van der Waals surface area contributed by atoms with E-state index in [9.17, 15) is 9.59 Å². The van der Waals surface area contributed by atoms with E-state index < -0.39 is 0 Å². The zero-order valence-electron chi connectivity index (χ0n) is 14.8. The second-order valence-electron chi connectivity index (χ2n) is 6.75. The molecular weight excluding hydrogens is 302 g/mol. The molecule has 5 heteroatoms. The van der Waals surface area contributed by atoms with Gasteiger partial charge in [0.25, 0.3) is 5.91 Å². The Hall–Kier alpha value is -1.88. The summed E-state index contributed by atoms with van der Waals surface area (Å²) in [5, 5.41) is 0. The summed E-state index contributed by atoms with van der Waals surface area (Å²) in [6.45, 7) is 8.03. The van der Waals surface area contributed by atoms with Gasteiger partial charge in [-0.25, -0.2) is 4.90 Å². The lowest BCUT2D eigenvalue weighted by molar-refractivity contribution is -0.911. The lowest BCUT2D eigenvalue weighted by Crippen LogP contribution is -3.16. The summed E-state index contributed by atoms with van der Waals surface area (Å²) in [5.41, 5.74) is 1.89. The second-order valence-corrected chi connectivity index (χ2v) is 6.75. The summed E-state index contributed by atoms with van der Waals surface area (Å²) in [7, 11) is 0. The smallest absolute Gasteiger partial charge is 0.292 e. The minimum Gasteiger partial charge on any atom is -0.372 e. The number of hydrogen-bond acceptors (Lipinski definition) is 3. The molecule has 1 atom stereocenters. The van der Waals surface area contributed by atoms with E-state index in [4.69, 9.17) is 0 Å². The fourth-order valence-corrected chi connectivity index (χ4v) is 3.93. The van der Waals surface area contributed by atoms with Crippen molar-refractivity contribution in [2.24, 2.45) is 0 Å². The molecule has 3 rings (SSSR count). The molecule has 0 unspecified atom stereocenters. The van der Waals surface area contributed by atoms with Crippen LogP contribution in [0, 0.1) is 0 Å². The van der Waals surface area contributed by atoms with Crippen LogP contribution in [0.25, 0.3) is 0 Å². The number of quaternary nitrogens is 1. The zero-order chi connectivity index (χ0) is 17.1. The number of likely N-dealkylation sites (N-methyl/N-ethyl adjacent to an activating group) is 1. The fourth-order valence-electron chi connectivity index (χ4n) is 3.93. The highest BCUT2D eigenvalue weighted by Gasteiger charge is 2.44. The van der Waals surface area contributed by atoms with Crippen molar-refractivity contribution in [2.75, 3.05) is 36.0 Å². The molecule has 0 spiro atoms. The Kier molecular flexibility index (Phi) is 5.19. The van der Waals surface area contributed by atoms with Crippen LogP contribution in [-0.4, -0.2) is 44.0 Å². The number of carbonyl (C=O) groups excluding carboxylic acids is 2. The predicted molar refractivity (Wildman–Crippen MR) is 95.4 cm³/mol. The van der Waals surface area contributed by atoms with E-state index >= 15 is 0 Å². The minimum absolute atomic E-state index is 0.0515. The summed E-state index contributed by atoms with van der Waals surface area (Å²) >= 11 is 0. The summed E-state index contributed by atoms with van der Waals surface area (Å²) < 4.78 is 0. The van der Waals surface area contributed by atoms with Crippen LogP contribution in [0.5, 0.6) is 0 Å². The maximum atomic E-state index is 12.7. The molecule has 0 saturated carbocycles. The van der Waals surface area contributed by atoms with E-state index in [0.29, 0.717) is 12.1 Å². The van der Waals surface area contributed by atoms with Gasteiger partial charge in [0.2, 0.25) is 5.91 Å². The van der Waals surface area contributed by atoms with Crippen LogP contribution >= 0.6 is 0 Å². The van der Waals surface area contributed by atoms with Gasteiger partial charge >= 0.3 is 0 Å². The molecule has 1 aromatic carbocycles. The number of nitrogens with one attached hydrogen (secondary N) is 1. The number of anilines is 2. The Bertz CT molecular complexity index is 589. The largest absolute Gasteiger partial charge is 0.372 e. The molecule has 130 valence electrons. The lowest BCUT2D eigenvalue weighted by atomic mass is 10.1. The predicted octanol–water partition coefficient (Wildman–Crippen LogP) is 1.23. The first-order chi connectivity index (χ1) is 11.7. The molecule has 2 aliphatic heterocycles. The van der Waals surface area contributed by atoms with Gasteiger partial charge in [0.05, 0.1) is 25.2 Å². The van der Waals surface area contributed by atoms with Crippen LogP contribution in [0.4, 0.5) is 11.4 Å². The van der Waals surface area contributed by atoms with Gasteiger partial charge < -0.3 is 9.80 Å². The summed E-state index contributed by atoms with van der Waals surface area (Å²) in [4.78, 5) is 30.1. The van der Waals surface area contributed by atoms with Crippen molar-refractivity contribution in [1.82, 2.24) is 0 Å². The van der Waals surface area contributed by atoms with Gasteiger partial charge in [0.1, 0.15) is 0 Å². The Morgan fingerprint density at radius 2 is 1.54 bits per heavy atom. The number of hydrogen-bond donors (Lipinski definition) is 1. The van der Waals surface area contributed by atoms with Crippen molar-refractivity contribution >= 4 is 23.2 Å². The second kappa shape index (κ2) is 7.34. The summed E-state index contributed by atoms with van der Waals surface area (Å²) in [5.74, 6) is -0.125. The molecule has 1 aromatic rings. The Balaban J connectivity index is 1.76. The summed E-state index contributed by atoms with van der Waals surface area (Å²) in [6, 6.07) is 7.69. The topological polar surface area (TPSA) is 45.1 Å². The molecule has 2 aliphatic rings. The van der Waals surface area contributed by atoms with E-state index in [-0.39, 0.29) is 17.9 Å². The van der Waals surface area contributed by atoms with E-state index in [0.717, 1.165) is 26.2 Å². The van der Waals surface area contributed by atoms with E-state index in [1.54, 1.807) is 0 Å². The van der Waals surface area contributed by atoms with Crippen LogP contribution in [0.2, 0.25) is 0 Å². The third-order valence-corrected chi connectivity index (χ3v) is 5.38. The van der Waals surface area contributed by atoms with Gasteiger partial charge in [-0.15, -0.1) is 0 Å². The molecule has 0 radical (unpaired) electrons. The first-order valence-corrected chi connectivity index (χ1v) is 9.22. The molecule has 1 N–H and O–H groups in total. The first-order valence-electron chi connectivity index (χ1n) is 9.22. The maximum Gasteiger partial charge on any atom is 0.292 e. The van der Waals surface area contributed by atoms with Crippen LogP contribution < -0.4 is 14.7 Å². The minimum atomic E-state index is -0.228. The highest BCUT2D eigenvalue weighted by atomic mass is 16.2. The van der Waals surface area contributed by atoms with Gasteiger partial charge in [-0.2, -0.15) is 0 Å². The normalized spacial score (nSPS) is 21.9. The quantitative estimate of drug-likeness (QED) is 0.826. The van der Waals surface area contributed by atoms with E-state index in [1.807, 2.05) is 24.3 Å². The van der Waals surface area contributed by atoms with Crippen molar-refractivity contribution < 1.29 is 14.5 Å². The van der Waals surface area contributed by atoms with Gasteiger partial charge in [0, 0.05) is 18.8 Å². The first kappa shape index (κ1) is 17.0. The number of amides is 2. The Morgan fingerprint density at radius 1 is 0.958 bits per heavy atom. The number of imide groups is 1. The van der Waals surface area contributed by atoms with Crippen molar-refractivity contribution in [1.29, 1.82) is 0 Å². The Morgan fingerprint density at radius 3 is 2.12 bits per heavy atom. The van der Waals surface area contributed by atoms with E-state index in [1.165, 1.54) is 34.7 Å². The number of rotatable bonds is 5. The van der Waals surface area contributed by atoms with Crippen molar-refractivity contribution in [3.05, 3.63) is 24.3 Å². The molecule has 24 heavy (non-hydrogen) atoms. The highest BCUT2D eigenvalue weighted by Crippen LogP contribution is 2.26. The van der Waals surface area contributed by atoms with E-state index in [2.05, 4.69) is 18.7 Å². The molecule has 0 aliphatic carbocycles. The standard InChI is InChI=1S/C19H27N3O2/c1-3-20(4-2)17-14-18(23)22(19(17)24)16-10-8-15(9-11-16)21-12-6-5-7-13-21/h8-11,17H,3-7,12-14H2,1-2H3/p+1/t17-/m0/s1. The number of benzene rings is 1.